The molecule has 2 rings (SSSR count). The SMILES string of the molecule is CNC(=O)CN1CCCC1C(=O)N1CCSCC1. The van der Waals surface area contributed by atoms with Gasteiger partial charge in [-0.05, 0) is 19.4 Å². The van der Waals surface area contributed by atoms with E-state index in [1.807, 2.05) is 21.6 Å². The molecule has 0 radical (unpaired) electrons. The molecule has 2 fully saturated rings. The van der Waals surface area contributed by atoms with E-state index in [1.54, 1.807) is 7.05 Å². The third-order valence-electron chi connectivity index (χ3n) is 3.60. The van der Waals surface area contributed by atoms with Crippen molar-refractivity contribution in [3.05, 3.63) is 0 Å². The van der Waals surface area contributed by atoms with Crippen molar-refractivity contribution in [2.75, 3.05) is 44.7 Å². The standard InChI is InChI=1S/C12H21N3O2S/c1-13-11(16)9-15-4-2-3-10(15)12(17)14-5-7-18-8-6-14/h10H,2-9H2,1H3,(H,13,16). The average Bonchev–Trinajstić information content (AvgIpc) is 2.86. The van der Waals surface area contributed by atoms with Crippen molar-refractivity contribution in [2.45, 2.75) is 18.9 Å². The van der Waals surface area contributed by atoms with Crippen LogP contribution >= 0.6 is 11.8 Å². The molecule has 6 heteroatoms. The molecule has 1 N–H and O–H groups in total. The molecule has 0 aromatic heterocycles. The number of hydrogen-bond acceptors (Lipinski definition) is 4. The molecule has 0 aromatic carbocycles. The lowest BCUT2D eigenvalue weighted by Crippen LogP contribution is -2.50. The number of nitrogens with one attached hydrogen (secondary N) is 1. The van der Waals surface area contributed by atoms with E-state index < -0.39 is 0 Å². The van der Waals surface area contributed by atoms with Crippen molar-refractivity contribution in [3.63, 3.8) is 0 Å². The predicted octanol–water partition coefficient (Wildman–Crippen LogP) is -0.228. The molecule has 1 atom stereocenters. The van der Waals surface area contributed by atoms with Gasteiger partial charge < -0.3 is 10.2 Å². The van der Waals surface area contributed by atoms with E-state index in [0.717, 1.165) is 44.0 Å². The maximum absolute atomic E-state index is 12.4. The van der Waals surface area contributed by atoms with Crippen molar-refractivity contribution in [1.82, 2.24) is 15.1 Å². The van der Waals surface area contributed by atoms with Crippen LogP contribution in [0.25, 0.3) is 0 Å². The summed E-state index contributed by atoms with van der Waals surface area (Å²) in [6.07, 6.45) is 1.90. The van der Waals surface area contributed by atoms with Crippen LogP contribution in [0.15, 0.2) is 0 Å². The van der Waals surface area contributed by atoms with Crippen molar-refractivity contribution in [3.8, 4) is 0 Å². The molecule has 0 spiro atoms. The number of rotatable bonds is 3. The first-order valence-corrected chi connectivity index (χ1v) is 7.69. The number of likely N-dealkylation sites (tertiary alicyclic amines) is 1. The van der Waals surface area contributed by atoms with Crippen LogP contribution in [0.5, 0.6) is 0 Å². The van der Waals surface area contributed by atoms with Crippen molar-refractivity contribution in [1.29, 1.82) is 0 Å². The molecule has 0 aromatic rings. The van der Waals surface area contributed by atoms with Crippen LogP contribution < -0.4 is 5.32 Å². The van der Waals surface area contributed by atoms with Crippen LogP contribution in [0, 0.1) is 0 Å². The molecule has 102 valence electrons. The zero-order valence-corrected chi connectivity index (χ0v) is 11.7. The van der Waals surface area contributed by atoms with E-state index in [4.69, 9.17) is 0 Å². The van der Waals surface area contributed by atoms with Gasteiger partial charge in [-0.15, -0.1) is 0 Å². The second kappa shape index (κ2) is 6.43. The molecular weight excluding hydrogens is 250 g/mol. The summed E-state index contributed by atoms with van der Waals surface area (Å²) in [6.45, 7) is 2.91. The molecule has 2 saturated heterocycles. The lowest BCUT2D eigenvalue weighted by atomic mass is 10.2. The highest BCUT2D eigenvalue weighted by Gasteiger charge is 2.34. The number of carbonyl (C=O) groups excluding carboxylic acids is 2. The van der Waals surface area contributed by atoms with Gasteiger partial charge in [0.05, 0.1) is 12.6 Å². The Morgan fingerprint density at radius 2 is 2.00 bits per heavy atom. The molecule has 2 amide bonds. The monoisotopic (exact) mass is 271 g/mol. The van der Waals surface area contributed by atoms with Gasteiger partial charge in [0.2, 0.25) is 11.8 Å². The summed E-state index contributed by atoms with van der Waals surface area (Å²) in [5.74, 6) is 2.28. The van der Waals surface area contributed by atoms with Gasteiger partial charge in [0.15, 0.2) is 0 Å². The maximum Gasteiger partial charge on any atom is 0.239 e. The Balaban J connectivity index is 1.93. The summed E-state index contributed by atoms with van der Waals surface area (Å²) in [5.41, 5.74) is 0. The summed E-state index contributed by atoms with van der Waals surface area (Å²) in [5, 5.41) is 2.62. The van der Waals surface area contributed by atoms with E-state index in [0.29, 0.717) is 6.54 Å². The highest BCUT2D eigenvalue weighted by atomic mass is 32.2. The number of nitrogens with zero attached hydrogens (tertiary/aromatic N) is 2. The predicted molar refractivity (Wildman–Crippen MR) is 72.6 cm³/mol. The second-order valence-corrected chi connectivity index (χ2v) is 5.96. The van der Waals surface area contributed by atoms with Gasteiger partial charge in [-0.25, -0.2) is 0 Å². The van der Waals surface area contributed by atoms with Gasteiger partial charge in [0, 0.05) is 31.6 Å². The third kappa shape index (κ3) is 3.17. The third-order valence-corrected chi connectivity index (χ3v) is 4.54. The van der Waals surface area contributed by atoms with Gasteiger partial charge in [-0.1, -0.05) is 0 Å². The quantitative estimate of drug-likeness (QED) is 0.770. The van der Waals surface area contributed by atoms with Gasteiger partial charge >= 0.3 is 0 Å². The maximum atomic E-state index is 12.4. The molecule has 2 aliphatic rings. The summed E-state index contributed by atoms with van der Waals surface area (Å²) in [4.78, 5) is 27.8. The summed E-state index contributed by atoms with van der Waals surface area (Å²) < 4.78 is 0. The molecule has 0 saturated carbocycles. The minimum Gasteiger partial charge on any atom is -0.358 e. The fourth-order valence-corrected chi connectivity index (χ4v) is 3.46. The number of carbonyl (C=O) groups is 2. The first kappa shape index (κ1) is 13.7. The van der Waals surface area contributed by atoms with E-state index in [2.05, 4.69) is 5.32 Å². The largest absolute Gasteiger partial charge is 0.358 e. The lowest BCUT2D eigenvalue weighted by molar-refractivity contribution is -0.136. The highest BCUT2D eigenvalue weighted by Crippen LogP contribution is 2.20. The molecule has 5 nitrogen and oxygen atoms in total. The number of thioether (sulfide) groups is 1. The zero-order chi connectivity index (χ0) is 13.0. The Bertz CT molecular complexity index is 318. The number of likely N-dealkylation sites (N-methyl/N-ethyl adjacent to an activating group) is 1. The molecule has 2 aliphatic heterocycles. The molecular formula is C12H21N3O2S. The van der Waals surface area contributed by atoms with Gasteiger partial charge in [-0.2, -0.15) is 11.8 Å². The Labute approximate surface area is 112 Å². The fourth-order valence-electron chi connectivity index (χ4n) is 2.55. The first-order valence-electron chi connectivity index (χ1n) is 6.53. The van der Waals surface area contributed by atoms with Gasteiger partial charge in [-0.3, -0.25) is 14.5 Å². The summed E-state index contributed by atoms with van der Waals surface area (Å²) in [6, 6.07) is -0.0783. The van der Waals surface area contributed by atoms with Gasteiger partial charge in [0.1, 0.15) is 0 Å². The van der Waals surface area contributed by atoms with E-state index >= 15 is 0 Å². The van der Waals surface area contributed by atoms with Gasteiger partial charge in [0.25, 0.3) is 0 Å². The summed E-state index contributed by atoms with van der Waals surface area (Å²) >= 11 is 1.90. The Hall–Kier alpha value is -0.750. The van der Waals surface area contributed by atoms with Crippen molar-refractivity contribution < 1.29 is 9.59 Å². The summed E-state index contributed by atoms with van der Waals surface area (Å²) in [7, 11) is 1.64. The van der Waals surface area contributed by atoms with Crippen molar-refractivity contribution in [2.24, 2.45) is 0 Å². The van der Waals surface area contributed by atoms with Crippen LogP contribution in [0.1, 0.15) is 12.8 Å². The van der Waals surface area contributed by atoms with E-state index in [1.165, 1.54) is 0 Å². The number of hydrogen-bond donors (Lipinski definition) is 1. The van der Waals surface area contributed by atoms with Crippen LogP contribution in [0.3, 0.4) is 0 Å². The van der Waals surface area contributed by atoms with Crippen LogP contribution in [0.2, 0.25) is 0 Å². The topological polar surface area (TPSA) is 52.7 Å². The Morgan fingerprint density at radius 1 is 1.28 bits per heavy atom. The molecule has 2 heterocycles. The lowest BCUT2D eigenvalue weighted by Gasteiger charge is -2.32. The van der Waals surface area contributed by atoms with Crippen LogP contribution in [-0.4, -0.2) is 72.4 Å². The van der Waals surface area contributed by atoms with Crippen LogP contribution in [0.4, 0.5) is 0 Å². The fraction of sp³-hybridized carbons (Fsp3) is 0.833. The normalized spacial score (nSPS) is 25.2. The Morgan fingerprint density at radius 3 is 2.67 bits per heavy atom. The number of amides is 2. The average molecular weight is 271 g/mol. The zero-order valence-electron chi connectivity index (χ0n) is 10.9. The molecule has 0 bridgehead atoms. The minimum absolute atomic E-state index is 0.0103. The second-order valence-electron chi connectivity index (χ2n) is 4.74. The smallest absolute Gasteiger partial charge is 0.239 e. The molecule has 1 unspecified atom stereocenters. The minimum atomic E-state index is -0.0783. The highest BCUT2D eigenvalue weighted by molar-refractivity contribution is 7.99. The first-order chi connectivity index (χ1) is 8.72. The molecule has 0 aliphatic carbocycles. The van der Waals surface area contributed by atoms with E-state index in [9.17, 15) is 9.59 Å². The van der Waals surface area contributed by atoms with E-state index in [-0.39, 0.29) is 17.9 Å². The van der Waals surface area contributed by atoms with Crippen LogP contribution in [-0.2, 0) is 9.59 Å². The molecule has 18 heavy (non-hydrogen) atoms. The van der Waals surface area contributed by atoms with Crippen molar-refractivity contribution >= 4 is 23.6 Å². The Kier molecular flexibility index (Phi) is 4.88.